The molecule has 1 unspecified atom stereocenters. The highest BCUT2D eigenvalue weighted by atomic mass is 16.1. The number of nitrogens with one attached hydrogen (secondary N) is 3. The molecular weight excluding hydrogens is 350 g/mol. The van der Waals surface area contributed by atoms with Crippen LogP contribution in [0.5, 0.6) is 0 Å². The van der Waals surface area contributed by atoms with Crippen LogP contribution < -0.4 is 20.9 Å². The van der Waals surface area contributed by atoms with Crippen molar-refractivity contribution >= 4 is 17.6 Å². The summed E-state index contributed by atoms with van der Waals surface area (Å²) in [7, 11) is 0. The molecule has 1 fully saturated rings. The number of nitrogens with zero attached hydrogens (tertiary/aromatic N) is 2. The summed E-state index contributed by atoms with van der Waals surface area (Å²) < 4.78 is 0. The van der Waals surface area contributed by atoms with Gasteiger partial charge in [-0.15, -0.1) is 0 Å². The lowest BCUT2D eigenvalue weighted by molar-refractivity contribution is -0.119. The van der Waals surface area contributed by atoms with Gasteiger partial charge in [0, 0.05) is 37.9 Å². The molecule has 0 saturated carbocycles. The highest BCUT2D eigenvalue weighted by Gasteiger charge is 2.23. The number of amides is 1. The van der Waals surface area contributed by atoms with Crippen LogP contribution in [-0.2, 0) is 11.3 Å². The lowest BCUT2D eigenvalue weighted by Gasteiger charge is -2.20. The number of anilines is 1. The summed E-state index contributed by atoms with van der Waals surface area (Å²) in [5, 5.41) is 9.61. The monoisotopic (exact) mass is 379 g/mol. The van der Waals surface area contributed by atoms with Crippen molar-refractivity contribution in [2.75, 3.05) is 31.1 Å². The molecule has 2 aromatic carbocycles. The van der Waals surface area contributed by atoms with Crippen LogP contribution in [-0.4, -0.2) is 44.1 Å². The molecule has 1 heterocycles. The standard InChI is InChI=1S/C22H29N5O/c1-2-23-22(25-16-21(28)24-15-18-9-5-3-6-10-18)26-19-13-14-27(17-19)20-11-7-4-8-12-20/h3-12,19H,2,13-17H2,1H3,(H,24,28)(H2,23,25,26). The molecule has 148 valence electrons. The number of benzene rings is 2. The summed E-state index contributed by atoms with van der Waals surface area (Å²) in [6.45, 7) is 5.35. The zero-order valence-corrected chi connectivity index (χ0v) is 16.4. The Morgan fingerprint density at radius 1 is 1.07 bits per heavy atom. The number of para-hydroxylation sites is 1. The number of hydrogen-bond donors (Lipinski definition) is 3. The molecule has 28 heavy (non-hydrogen) atoms. The minimum Gasteiger partial charge on any atom is -0.369 e. The van der Waals surface area contributed by atoms with Gasteiger partial charge in [0.2, 0.25) is 5.91 Å². The van der Waals surface area contributed by atoms with Gasteiger partial charge in [-0.05, 0) is 31.0 Å². The molecule has 1 saturated heterocycles. The van der Waals surface area contributed by atoms with E-state index in [0.29, 0.717) is 18.5 Å². The quantitative estimate of drug-likeness (QED) is 0.509. The van der Waals surface area contributed by atoms with Crippen molar-refractivity contribution in [3.05, 3.63) is 66.2 Å². The number of carbonyl (C=O) groups excluding carboxylic acids is 1. The average Bonchev–Trinajstić information content (AvgIpc) is 3.20. The van der Waals surface area contributed by atoms with Gasteiger partial charge in [0.15, 0.2) is 5.96 Å². The third-order valence-electron chi connectivity index (χ3n) is 4.71. The van der Waals surface area contributed by atoms with Gasteiger partial charge in [-0.3, -0.25) is 4.79 Å². The lowest BCUT2D eigenvalue weighted by Crippen LogP contribution is -2.45. The SMILES string of the molecule is CCNC(=NCC(=O)NCc1ccccc1)NC1CCN(c2ccccc2)C1. The van der Waals surface area contributed by atoms with E-state index in [9.17, 15) is 4.79 Å². The van der Waals surface area contributed by atoms with Crippen molar-refractivity contribution < 1.29 is 4.79 Å². The van der Waals surface area contributed by atoms with Crippen molar-refractivity contribution in [3.63, 3.8) is 0 Å². The molecule has 1 aliphatic rings. The van der Waals surface area contributed by atoms with Crippen molar-refractivity contribution in [1.29, 1.82) is 0 Å². The van der Waals surface area contributed by atoms with Crippen LogP contribution in [0.3, 0.4) is 0 Å². The second kappa shape index (κ2) is 10.3. The van der Waals surface area contributed by atoms with E-state index in [2.05, 4.69) is 50.1 Å². The number of guanidine groups is 1. The van der Waals surface area contributed by atoms with Crippen LogP contribution in [0.4, 0.5) is 5.69 Å². The second-order valence-electron chi connectivity index (χ2n) is 6.87. The maximum atomic E-state index is 12.1. The first-order chi connectivity index (χ1) is 13.7. The third kappa shape index (κ3) is 6.01. The van der Waals surface area contributed by atoms with Gasteiger partial charge in [0.05, 0.1) is 0 Å². The fourth-order valence-electron chi connectivity index (χ4n) is 3.27. The minimum atomic E-state index is -0.0848. The maximum absolute atomic E-state index is 12.1. The highest BCUT2D eigenvalue weighted by molar-refractivity contribution is 5.85. The van der Waals surface area contributed by atoms with Crippen molar-refractivity contribution in [2.45, 2.75) is 25.9 Å². The Balaban J connectivity index is 1.48. The Kier molecular flexibility index (Phi) is 7.29. The number of aliphatic imine (C=N–C) groups is 1. The molecule has 2 aromatic rings. The van der Waals surface area contributed by atoms with Gasteiger partial charge in [0.1, 0.15) is 6.54 Å². The van der Waals surface area contributed by atoms with Crippen molar-refractivity contribution in [2.24, 2.45) is 4.99 Å². The van der Waals surface area contributed by atoms with Gasteiger partial charge >= 0.3 is 0 Å². The van der Waals surface area contributed by atoms with Crippen LogP contribution in [0.15, 0.2) is 65.7 Å². The van der Waals surface area contributed by atoms with E-state index < -0.39 is 0 Å². The molecule has 1 aliphatic heterocycles. The summed E-state index contributed by atoms with van der Waals surface area (Å²) in [6, 6.07) is 20.6. The summed E-state index contributed by atoms with van der Waals surface area (Å²) >= 11 is 0. The summed E-state index contributed by atoms with van der Waals surface area (Å²) in [4.78, 5) is 18.9. The van der Waals surface area contributed by atoms with Gasteiger partial charge in [0.25, 0.3) is 0 Å². The predicted molar refractivity (Wildman–Crippen MR) is 114 cm³/mol. The first-order valence-electron chi connectivity index (χ1n) is 9.90. The highest BCUT2D eigenvalue weighted by Crippen LogP contribution is 2.19. The van der Waals surface area contributed by atoms with Crippen LogP contribution in [0.2, 0.25) is 0 Å². The molecule has 6 heteroatoms. The molecule has 3 N–H and O–H groups in total. The zero-order chi connectivity index (χ0) is 19.6. The molecule has 0 aliphatic carbocycles. The maximum Gasteiger partial charge on any atom is 0.242 e. The van der Waals surface area contributed by atoms with E-state index >= 15 is 0 Å². The predicted octanol–water partition coefficient (Wildman–Crippen LogP) is 2.14. The lowest BCUT2D eigenvalue weighted by atomic mass is 10.2. The molecule has 0 spiro atoms. The molecule has 6 nitrogen and oxygen atoms in total. The average molecular weight is 380 g/mol. The van der Waals surface area contributed by atoms with Gasteiger partial charge < -0.3 is 20.9 Å². The fraction of sp³-hybridized carbons (Fsp3) is 0.364. The third-order valence-corrected chi connectivity index (χ3v) is 4.71. The molecule has 0 bridgehead atoms. The first kappa shape index (κ1) is 19.7. The normalized spacial score (nSPS) is 16.7. The summed E-state index contributed by atoms with van der Waals surface area (Å²) in [6.07, 6.45) is 1.04. The Morgan fingerprint density at radius 2 is 1.79 bits per heavy atom. The fourth-order valence-corrected chi connectivity index (χ4v) is 3.27. The molecule has 0 aromatic heterocycles. The largest absolute Gasteiger partial charge is 0.369 e. The van der Waals surface area contributed by atoms with Crippen LogP contribution in [0, 0.1) is 0 Å². The van der Waals surface area contributed by atoms with Crippen LogP contribution in [0.25, 0.3) is 0 Å². The Hall–Kier alpha value is -3.02. The Bertz CT molecular complexity index is 763. The van der Waals surface area contributed by atoms with Gasteiger partial charge in [-0.1, -0.05) is 48.5 Å². The zero-order valence-electron chi connectivity index (χ0n) is 16.4. The number of carbonyl (C=O) groups is 1. The molecule has 0 radical (unpaired) electrons. The Labute approximate surface area is 167 Å². The number of hydrogen-bond acceptors (Lipinski definition) is 3. The topological polar surface area (TPSA) is 68.8 Å². The smallest absolute Gasteiger partial charge is 0.242 e. The van der Waals surface area contributed by atoms with Gasteiger partial charge in [-0.25, -0.2) is 4.99 Å². The van der Waals surface area contributed by atoms with Crippen LogP contribution >= 0.6 is 0 Å². The molecule has 3 rings (SSSR count). The van der Waals surface area contributed by atoms with Crippen LogP contribution in [0.1, 0.15) is 18.9 Å². The van der Waals surface area contributed by atoms with E-state index in [4.69, 9.17) is 0 Å². The van der Waals surface area contributed by atoms with Crippen molar-refractivity contribution in [3.8, 4) is 0 Å². The molecular formula is C22H29N5O. The first-order valence-corrected chi connectivity index (χ1v) is 9.90. The summed E-state index contributed by atoms with van der Waals surface area (Å²) in [5.74, 6) is 0.607. The Morgan fingerprint density at radius 3 is 2.50 bits per heavy atom. The second-order valence-corrected chi connectivity index (χ2v) is 6.87. The number of rotatable bonds is 7. The summed E-state index contributed by atoms with van der Waals surface area (Å²) in [5.41, 5.74) is 2.32. The molecule has 1 amide bonds. The van der Waals surface area contributed by atoms with Crippen molar-refractivity contribution in [1.82, 2.24) is 16.0 Å². The van der Waals surface area contributed by atoms with E-state index in [1.807, 2.05) is 43.3 Å². The van der Waals surface area contributed by atoms with E-state index in [-0.39, 0.29) is 12.5 Å². The van der Waals surface area contributed by atoms with E-state index in [1.54, 1.807) is 0 Å². The minimum absolute atomic E-state index is 0.0848. The van der Waals surface area contributed by atoms with Gasteiger partial charge in [-0.2, -0.15) is 0 Å². The molecule has 1 atom stereocenters. The van der Waals surface area contributed by atoms with E-state index in [0.717, 1.165) is 31.6 Å². The van der Waals surface area contributed by atoms with E-state index in [1.165, 1.54) is 5.69 Å².